The van der Waals surface area contributed by atoms with E-state index in [4.69, 9.17) is 4.74 Å². The average molecular weight is 265 g/mol. The lowest BCUT2D eigenvalue weighted by Crippen LogP contribution is -2.10. The maximum atomic E-state index is 11.8. The van der Waals surface area contributed by atoms with Crippen molar-refractivity contribution < 1.29 is 9.53 Å². The van der Waals surface area contributed by atoms with Gasteiger partial charge in [0.2, 0.25) is 0 Å². The van der Waals surface area contributed by atoms with Gasteiger partial charge in [0, 0.05) is 10.8 Å². The minimum absolute atomic E-state index is 0.263. The Morgan fingerprint density at radius 3 is 2.89 bits per heavy atom. The summed E-state index contributed by atoms with van der Waals surface area (Å²) in [5.74, 6) is 2.07. The van der Waals surface area contributed by atoms with Crippen LogP contribution in [-0.4, -0.2) is 17.6 Å². The summed E-state index contributed by atoms with van der Waals surface area (Å²) in [6.45, 7) is 4.22. The Balaban J connectivity index is 1.82. The number of carbonyl (C=O) groups is 1. The first kappa shape index (κ1) is 12.2. The number of fused-ring (bicyclic) bond motifs is 2. The van der Waals surface area contributed by atoms with Crippen LogP contribution in [-0.2, 0) is 4.74 Å². The van der Waals surface area contributed by atoms with Crippen LogP contribution in [0.3, 0.4) is 0 Å². The van der Waals surface area contributed by atoms with E-state index < -0.39 is 0 Å². The van der Waals surface area contributed by atoms with E-state index >= 15 is 0 Å². The van der Waals surface area contributed by atoms with Gasteiger partial charge in [0.1, 0.15) is 0 Å². The Bertz CT molecular complexity index is 468. The molecule has 1 aromatic rings. The van der Waals surface area contributed by atoms with Crippen LogP contribution in [0.15, 0.2) is 0 Å². The summed E-state index contributed by atoms with van der Waals surface area (Å²) in [7, 11) is 0. The van der Waals surface area contributed by atoms with Crippen molar-refractivity contribution in [1.82, 2.24) is 4.98 Å². The molecular weight excluding hydrogens is 246 g/mol. The number of aryl methyl sites for hydroxylation is 1. The Morgan fingerprint density at radius 2 is 2.28 bits per heavy atom. The Kier molecular flexibility index (Phi) is 3.14. The second-order valence-electron chi connectivity index (χ2n) is 5.46. The van der Waals surface area contributed by atoms with Gasteiger partial charge in [0.25, 0.3) is 0 Å². The molecule has 1 heterocycles. The lowest BCUT2D eigenvalue weighted by Gasteiger charge is -2.18. The molecular formula is C14H19NO2S. The van der Waals surface area contributed by atoms with Crippen LogP contribution in [0.25, 0.3) is 0 Å². The van der Waals surface area contributed by atoms with Crippen LogP contribution in [0.5, 0.6) is 0 Å². The molecule has 2 aliphatic rings. The Labute approximate surface area is 112 Å². The molecule has 3 unspecified atom stereocenters. The number of thiazole rings is 1. The van der Waals surface area contributed by atoms with Crippen molar-refractivity contribution in [3.8, 4) is 0 Å². The average Bonchev–Trinajstić information content (AvgIpc) is 3.02. The van der Waals surface area contributed by atoms with Gasteiger partial charge in [0.15, 0.2) is 5.69 Å². The summed E-state index contributed by atoms with van der Waals surface area (Å²) in [5, 5.41) is 1.17. The number of hydrogen-bond donors (Lipinski definition) is 0. The molecule has 0 N–H and O–H groups in total. The van der Waals surface area contributed by atoms with Gasteiger partial charge in [0.05, 0.1) is 11.6 Å². The number of aromatic nitrogens is 1. The van der Waals surface area contributed by atoms with E-state index in [1.165, 1.54) is 30.7 Å². The molecule has 1 aromatic heterocycles. The van der Waals surface area contributed by atoms with Crippen LogP contribution < -0.4 is 0 Å². The van der Waals surface area contributed by atoms with Crippen molar-refractivity contribution in [2.45, 2.75) is 45.4 Å². The predicted molar refractivity (Wildman–Crippen MR) is 71.0 cm³/mol. The van der Waals surface area contributed by atoms with Gasteiger partial charge in [-0.2, -0.15) is 0 Å². The van der Waals surface area contributed by atoms with Gasteiger partial charge >= 0.3 is 5.97 Å². The molecule has 98 valence electrons. The number of rotatable bonds is 3. The number of nitrogens with zero attached hydrogens (tertiary/aromatic N) is 1. The first-order valence-electron chi connectivity index (χ1n) is 6.83. The van der Waals surface area contributed by atoms with Crippen LogP contribution in [0.4, 0.5) is 0 Å². The van der Waals surface area contributed by atoms with E-state index in [0.29, 0.717) is 18.2 Å². The SMILES string of the molecule is CCOC(=O)c1nc(C2CC3CCC2C3)sc1C. The predicted octanol–water partition coefficient (Wildman–Crippen LogP) is 3.53. The molecule has 0 spiro atoms. The van der Waals surface area contributed by atoms with E-state index in [2.05, 4.69) is 4.98 Å². The molecule has 2 saturated carbocycles. The van der Waals surface area contributed by atoms with Gasteiger partial charge in [-0.3, -0.25) is 0 Å². The molecule has 3 rings (SSSR count). The molecule has 2 fully saturated rings. The fraction of sp³-hybridized carbons (Fsp3) is 0.714. The minimum Gasteiger partial charge on any atom is -0.461 e. The maximum Gasteiger partial charge on any atom is 0.358 e. The zero-order valence-electron chi connectivity index (χ0n) is 10.9. The molecule has 3 nitrogen and oxygen atoms in total. The molecule has 18 heavy (non-hydrogen) atoms. The normalized spacial score (nSPS) is 29.8. The lowest BCUT2D eigenvalue weighted by molar-refractivity contribution is 0.0519. The van der Waals surface area contributed by atoms with E-state index in [-0.39, 0.29) is 5.97 Å². The molecule has 0 saturated heterocycles. The fourth-order valence-corrected chi connectivity index (χ4v) is 4.63. The topological polar surface area (TPSA) is 39.2 Å². The molecule has 0 aliphatic heterocycles. The van der Waals surface area contributed by atoms with E-state index in [1.54, 1.807) is 11.3 Å². The Hall–Kier alpha value is -0.900. The largest absolute Gasteiger partial charge is 0.461 e. The number of esters is 1. The zero-order valence-corrected chi connectivity index (χ0v) is 11.8. The van der Waals surface area contributed by atoms with Gasteiger partial charge < -0.3 is 4.74 Å². The number of ether oxygens (including phenoxy) is 1. The molecule has 0 amide bonds. The van der Waals surface area contributed by atoms with Crippen molar-refractivity contribution in [3.63, 3.8) is 0 Å². The monoisotopic (exact) mass is 265 g/mol. The van der Waals surface area contributed by atoms with Gasteiger partial charge in [-0.05, 0) is 44.9 Å². The lowest BCUT2D eigenvalue weighted by atomic mass is 9.89. The quantitative estimate of drug-likeness (QED) is 0.785. The fourth-order valence-electron chi connectivity index (χ4n) is 3.51. The van der Waals surface area contributed by atoms with Gasteiger partial charge in [-0.15, -0.1) is 11.3 Å². The molecule has 2 aliphatic carbocycles. The van der Waals surface area contributed by atoms with Crippen molar-refractivity contribution in [2.75, 3.05) is 6.61 Å². The third kappa shape index (κ3) is 1.96. The summed E-state index contributed by atoms with van der Waals surface area (Å²) in [6, 6.07) is 0. The molecule has 2 bridgehead atoms. The zero-order chi connectivity index (χ0) is 12.7. The minimum atomic E-state index is -0.263. The van der Waals surface area contributed by atoms with Crippen LogP contribution in [0.2, 0.25) is 0 Å². The van der Waals surface area contributed by atoms with Crippen LogP contribution in [0.1, 0.15) is 58.9 Å². The van der Waals surface area contributed by atoms with Crippen LogP contribution in [0, 0.1) is 18.8 Å². The standard InChI is InChI=1S/C14H19NO2S/c1-3-17-14(16)12-8(2)18-13(15-12)11-7-9-4-5-10(11)6-9/h9-11H,3-7H2,1-2H3. The maximum absolute atomic E-state index is 11.8. The number of carbonyl (C=O) groups excluding carboxylic acids is 1. The van der Waals surface area contributed by atoms with Crippen molar-refractivity contribution in [2.24, 2.45) is 11.8 Å². The van der Waals surface area contributed by atoms with Crippen LogP contribution >= 0.6 is 11.3 Å². The first-order valence-corrected chi connectivity index (χ1v) is 7.65. The highest BCUT2D eigenvalue weighted by Crippen LogP contribution is 2.53. The molecule has 0 radical (unpaired) electrons. The van der Waals surface area contributed by atoms with Crippen molar-refractivity contribution in [1.29, 1.82) is 0 Å². The highest BCUT2D eigenvalue weighted by atomic mass is 32.1. The van der Waals surface area contributed by atoms with E-state index in [1.807, 2.05) is 13.8 Å². The smallest absolute Gasteiger partial charge is 0.358 e. The van der Waals surface area contributed by atoms with E-state index in [0.717, 1.165) is 16.7 Å². The molecule has 0 aromatic carbocycles. The molecule has 3 atom stereocenters. The van der Waals surface area contributed by atoms with Gasteiger partial charge in [-0.1, -0.05) is 6.42 Å². The first-order chi connectivity index (χ1) is 8.69. The van der Waals surface area contributed by atoms with Gasteiger partial charge in [-0.25, -0.2) is 9.78 Å². The summed E-state index contributed by atoms with van der Waals surface area (Å²) < 4.78 is 5.05. The number of hydrogen-bond acceptors (Lipinski definition) is 4. The summed E-state index contributed by atoms with van der Waals surface area (Å²) in [5.41, 5.74) is 0.541. The second-order valence-corrected chi connectivity index (χ2v) is 6.69. The summed E-state index contributed by atoms with van der Waals surface area (Å²) in [4.78, 5) is 17.4. The van der Waals surface area contributed by atoms with Crippen molar-refractivity contribution >= 4 is 17.3 Å². The summed E-state index contributed by atoms with van der Waals surface area (Å²) >= 11 is 1.69. The Morgan fingerprint density at radius 1 is 1.44 bits per heavy atom. The highest BCUT2D eigenvalue weighted by Gasteiger charge is 2.41. The van der Waals surface area contributed by atoms with E-state index in [9.17, 15) is 4.79 Å². The molecule has 4 heteroatoms. The van der Waals surface area contributed by atoms with Crippen molar-refractivity contribution in [3.05, 3.63) is 15.6 Å². The third-order valence-corrected chi connectivity index (χ3v) is 5.44. The third-order valence-electron chi connectivity index (χ3n) is 4.34. The highest BCUT2D eigenvalue weighted by molar-refractivity contribution is 7.12. The second kappa shape index (κ2) is 4.65. The summed E-state index contributed by atoms with van der Waals surface area (Å²) in [6.07, 6.45) is 5.40.